The Morgan fingerprint density at radius 3 is 2.34 bits per heavy atom. The summed E-state index contributed by atoms with van der Waals surface area (Å²) in [7, 11) is -3.78. The van der Waals surface area contributed by atoms with Crippen molar-refractivity contribution in [1.29, 1.82) is 0 Å². The molecule has 0 spiro atoms. The van der Waals surface area contributed by atoms with Gasteiger partial charge in [-0.2, -0.15) is 0 Å². The highest BCUT2D eigenvalue weighted by atomic mass is 32.2. The number of primary sulfonamides is 1. The molecule has 1 fully saturated rings. The molecule has 2 aromatic carbocycles. The SMILES string of the molecule is CC1CN(c2ccc(NC(=O)Cc3ccc(S(N)(=O)=O)cc3)cc2F)CC(C)O1. The smallest absolute Gasteiger partial charge is 0.238 e. The third-order valence-electron chi connectivity index (χ3n) is 4.61. The fourth-order valence-electron chi connectivity index (χ4n) is 3.40. The summed E-state index contributed by atoms with van der Waals surface area (Å²) >= 11 is 0. The van der Waals surface area contributed by atoms with Crippen LogP contribution in [0.2, 0.25) is 0 Å². The molecule has 3 rings (SSSR count). The highest BCUT2D eigenvalue weighted by Gasteiger charge is 2.24. The number of halogens is 1. The quantitative estimate of drug-likeness (QED) is 0.771. The Labute approximate surface area is 169 Å². The number of sulfonamides is 1. The number of nitrogens with zero attached hydrogens (tertiary/aromatic N) is 1. The molecular weight excluding hydrogens is 397 g/mol. The van der Waals surface area contributed by atoms with Gasteiger partial charge in [0.1, 0.15) is 5.82 Å². The molecule has 2 atom stereocenters. The summed E-state index contributed by atoms with van der Waals surface area (Å²) in [6.07, 6.45) is 0.0450. The molecule has 3 N–H and O–H groups in total. The zero-order valence-corrected chi connectivity index (χ0v) is 17.1. The van der Waals surface area contributed by atoms with E-state index in [2.05, 4.69) is 5.32 Å². The summed E-state index contributed by atoms with van der Waals surface area (Å²) in [5, 5.41) is 7.71. The Hall–Kier alpha value is -2.49. The van der Waals surface area contributed by atoms with Gasteiger partial charge in [0.05, 0.1) is 29.2 Å². The molecule has 0 saturated carbocycles. The minimum Gasteiger partial charge on any atom is -0.372 e. The largest absolute Gasteiger partial charge is 0.372 e. The van der Waals surface area contributed by atoms with E-state index >= 15 is 0 Å². The van der Waals surface area contributed by atoms with Crippen LogP contribution in [0.15, 0.2) is 47.4 Å². The first-order valence-electron chi connectivity index (χ1n) is 9.23. The lowest BCUT2D eigenvalue weighted by molar-refractivity contribution is -0.115. The van der Waals surface area contributed by atoms with Gasteiger partial charge >= 0.3 is 0 Å². The lowest BCUT2D eigenvalue weighted by Crippen LogP contribution is -2.45. The standard InChI is InChI=1S/C20H24FN3O4S/c1-13-11-24(12-14(2)28-13)19-8-5-16(10-18(19)21)23-20(25)9-15-3-6-17(7-4-15)29(22,26)27/h3-8,10,13-14H,9,11-12H2,1-2H3,(H,23,25)(H2,22,26,27). The molecular formula is C20H24FN3O4S. The van der Waals surface area contributed by atoms with E-state index < -0.39 is 15.8 Å². The van der Waals surface area contributed by atoms with Gasteiger partial charge in [-0.05, 0) is 49.7 Å². The number of hydrogen-bond acceptors (Lipinski definition) is 5. The zero-order valence-electron chi connectivity index (χ0n) is 16.3. The summed E-state index contributed by atoms with van der Waals surface area (Å²) in [4.78, 5) is 14.2. The first-order valence-corrected chi connectivity index (χ1v) is 10.8. The molecule has 29 heavy (non-hydrogen) atoms. The Kier molecular flexibility index (Phi) is 6.21. The number of nitrogens with two attached hydrogens (primary N) is 1. The van der Waals surface area contributed by atoms with Crippen LogP contribution in [0.25, 0.3) is 0 Å². The van der Waals surface area contributed by atoms with Gasteiger partial charge in [0, 0.05) is 18.8 Å². The van der Waals surface area contributed by atoms with Crippen LogP contribution >= 0.6 is 0 Å². The van der Waals surface area contributed by atoms with Crippen LogP contribution in [0.4, 0.5) is 15.8 Å². The van der Waals surface area contributed by atoms with Crippen LogP contribution in [0.3, 0.4) is 0 Å². The fraction of sp³-hybridized carbons (Fsp3) is 0.350. The Morgan fingerprint density at radius 2 is 1.79 bits per heavy atom. The van der Waals surface area contributed by atoms with Crippen molar-refractivity contribution < 1.29 is 22.3 Å². The molecule has 1 heterocycles. The average Bonchev–Trinajstić information content (AvgIpc) is 2.60. The molecule has 1 aliphatic rings. The number of nitrogens with one attached hydrogen (secondary N) is 1. The molecule has 0 aliphatic carbocycles. The summed E-state index contributed by atoms with van der Waals surface area (Å²) in [5.41, 5.74) is 1.44. The number of ether oxygens (including phenoxy) is 1. The third-order valence-corrected chi connectivity index (χ3v) is 5.54. The molecule has 1 aliphatic heterocycles. The van der Waals surface area contributed by atoms with Crippen LogP contribution in [-0.4, -0.2) is 39.6 Å². The van der Waals surface area contributed by atoms with Crippen molar-refractivity contribution in [1.82, 2.24) is 0 Å². The van der Waals surface area contributed by atoms with Gasteiger partial charge in [-0.1, -0.05) is 12.1 Å². The van der Waals surface area contributed by atoms with Gasteiger partial charge in [0.15, 0.2) is 0 Å². The zero-order chi connectivity index (χ0) is 21.2. The molecule has 1 saturated heterocycles. The number of hydrogen-bond donors (Lipinski definition) is 2. The van der Waals surface area contributed by atoms with Crippen LogP contribution in [0.1, 0.15) is 19.4 Å². The Balaban J connectivity index is 1.64. The summed E-state index contributed by atoms with van der Waals surface area (Å²) in [6.45, 7) is 5.10. The first kappa shape index (κ1) is 21.2. The number of anilines is 2. The second-order valence-electron chi connectivity index (χ2n) is 7.24. The van der Waals surface area contributed by atoms with Crippen molar-refractivity contribution in [3.05, 3.63) is 53.8 Å². The summed E-state index contributed by atoms with van der Waals surface area (Å²) in [5.74, 6) is -0.754. The predicted octanol–water partition coefficient (Wildman–Crippen LogP) is 2.27. The first-order chi connectivity index (χ1) is 13.6. The van der Waals surface area contributed by atoms with Gasteiger partial charge in [-0.15, -0.1) is 0 Å². The maximum atomic E-state index is 14.6. The molecule has 1 amide bonds. The van der Waals surface area contributed by atoms with E-state index in [0.717, 1.165) is 0 Å². The van der Waals surface area contributed by atoms with E-state index in [0.29, 0.717) is 30.0 Å². The van der Waals surface area contributed by atoms with Crippen molar-refractivity contribution in [3.63, 3.8) is 0 Å². The van der Waals surface area contributed by atoms with E-state index in [1.807, 2.05) is 18.7 Å². The molecule has 156 valence electrons. The topological polar surface area (TPSA) is 102 Å². The molecule has 0 radical (unpaired) electrons. The van der Waals surface area contributed by atoms with E-state index in [1.54, 1.807) is 12.1 Å². The molecule has 9 heteroatoms. The maximum Gasteiger partial charge on any atom is 0.238 e. The van der Waals surface area contributed by atoms with Crippen LogP contribution in [-0.2, 0) is 26.0 Å². The number of morpholine rings is 1. The van der Waals surface area contributed by atoms with Gasteiger partial charge in [-0.3, -0.25) is 4.79 Å². The number of carbonyl (C=O) groups is 1. The number of amides is 1. The number of rotatable bonds is 5. The molecule has 2 unspecified atom stereocenters. The van der Waals surface area contributed by atoms with E-state index in [9.17, 15) is 17.6 Å². The molecule has 0 bridgehead atoms. The highest BCUT2D eigenvalue weighted by molar-refractivity contribution is 7.89. The van der Waals surface area contributed by atoms with Gasteiger partial charge < -0.3 is 15.0 Å². The van der Waals surface area contributed by atoms with Crippen molar-refractivity contribution in [3.8, 4) is 0 Å². The maximum absolute atomic E-state index is 14.6. The lowest BCUT2D eigenvalue weighted by atomic mass is 10.1. The van der Waals surface area contributed by atoms with E-state index in [4.69, 9.17) is 9.88 Å². The number of carbonyl (C=O) groups excluding carboxylic acids is 1. The van der Waals surface area contributed by atoms with Crippen molar-refractivity contribution in [2.75, 3.05) is 23.3 Å². The predicted molar refractivity (Wildman–Crippen MR) is 109 cm³/mol. The van der Waals surface area contributed by atoms with Crippen molar-refractivity contribution in [2.45, 2.75) is 37.4 Å². The van der Waals surface area contributed by atoms with Gasteiger partial charge in [-0.25, -0.2) is 17.9 Å². The third kappa shape index (κ3) is 5.53. The minimum atomic E-state index is -3.78. The molecule has 0 aromatic heterocycles. The van der Waals surface area contributed by atoms with Crippen LogP contribution in [0, 0.1) is 5.82 Å². The van der Waals surface area contributed by atoms with E-state index in [-0.39, 0.29) is 29.4 Å². The lowest BCUT2D eigenvalue weighted by Gasteiger charge is -2.37. The normalized spacial score (nSPS) is 19.8. The van der Waals surface area contributed by atoms with Crippen molar-refractivity contribution in [2.24, 2.45) is 5.14 Å². The Morgan fingerprint density at radius 1 is 1.17 bits per heavy atom. The second kappa shape index (κ2) is 8.48. The average molecular weight is 421 g/mol. The summed E-state index contributed by atoms with van der Waals surface area (Å²) < 4.78 is 42.8. The summed E-state index contributed by atoms with van der Waals surface area (Å²) in [6, 6.07) is 10.3. The highest BCUT2D eigenvalue weighted by Crippen LogP contribution is 2.26. The fourth-order valence-corrected chi connectivity index (χ4v) is 3.92. The van der Waals surface area contributed by atoms with Crippen molar-refractivity contribution >= 4 is 27.3 Å². The Bertz CT molecular complexity index is 985. The van der Waals surface area contributed by atoms with Gasteiger partial charge in [0.2, 0.25) is 15.9 Å². The van der Waals surface area contributed by atoms with Crippen LogP contribution < -0.4 is 15.4 Å². The van der Waals surface area contributed by atoms with E-state index in [1.165, 1.54) is 30.3 Å². The molecule has 2 aromatic rings. The van der Waals surface area contributed by atoms with Crippen LogP contribution in [0.5, 0.6) is 0 Å². The number of benzene rings is 2. The monoisotopic (exact) mass is 421 g/mol. The second-order valence-corrected chi connectivity index (χ2v) is 8.80. The molecule has 7 nitrogen and oxygen atoms in total. The minimum absolute atomic E-state index is 0.0122. The van der Waals surface area contributed by atoms with Gasteiger partial charge in [0.25, 0.3) is 0 Å².